The Morgan fingerprint density at radius 2 is 1.73 bits per heavy atom. The third-order valence-corrected chi connectivity index (χ3v) is 2.74. The average Bonchev–Trinajstić information content (AvgIpc) is 1.81. The Morgan fingerprint density at radius 3 is 2.09 bits per heavy atom. The Morgan fingerprint density at radius 1 is 1.18 bits per heavy atom. The first kappa shape index (κ1) is 8.95. The number of alkyl halides is 2. The molecule has 1 aliphatic rings. The Bertz CT molecular complexity index is 150. The van der Waals surface area contributed by atoms with Crippen molar-refractivity contribution in [2.24, 2.45) is 5.41 Å². The maximum Gasteiger partial charge on any atom is 0.111 e. The lowest BCUT2D eigenvalue weighted by molar-refractivity contribution is -0.00440. The molecule has 2 unspecified atom stereocenters. The van der Waals surface area contributed by atoms with Gasteiger partial charge in [-0.3, -0.25) is 0 Å². The standard InChI is InChI=1S/C9H16F2/c1-8(2)4-5-9(3,11)6-7(8)10/h7H,4-6H2,1-3H3. The molecular weight excluding hydrogens is 146 g/mol. The molecule has 0 spiro atoms. The molecule has 1 fully saturated rings. The van der Waals surface area contributed by atoms with E-state index >= 15 is 0 Å². The van der Waals surface area contributed by atoms with Gasteiger partial charge in [-0.15, -0.1) is 0 Å². The van der Waals surface area contributed by atoms with Gasteiger partial charge in [0.1, 0.15) is 11.8 Å². The van der Waals surface area contributed by atoms with Crippen molar-refractivity contribution in [1.29, 1.82) is 0 Å². The molecule has 0 aromatic rings. The zero-order chi connectivity index (χ0) is 8.70. The summed E-state index contributed by atoms with van der Waals surface area (Å²) in [5.41, 5.74) is -1.58. The van der Waals surface area contributed by atoms with Crippen molar-refractivity contribution in [2.75, 3.05) is 0 Å². The first-order chi connectivity index (χ1) is 4.83. The van der Waals surface area contributed by atoms with Crippen LogP contribution in [-0.2, 0) is 0 Å². The fourth-order valence-electron chi connectivity index (χ4n) is 1.49. The molecule has 66 valence electrons. The highest BCUT2D eigenvalue weighted by atomic mass is 19.2. The van der Waals surface area contributed by atoms with Crippen molar-refractivity contribution in [3.8, 4) is 0 Å². The topological polar surface area (TPSA) is 0 Å². The van der Waals surface area contributed by atoms with Crippen molar-refractivity contribution in [3.05, 3.63) is 0 Å². The van der Waals surface area contributed by atoms with E-state index in [2.05, 4.69) is 0 Å². The molecule has 1 saturated carbocycles. The van der Waals surface area contributed by atoms with Crippen molar-refractivity contribution in [3.63, 3.8) is 0 Å². The summed E-state index contributed by atoms with van der Waals surface area (Å²) in [6.45, 7) is 5.23. The van der Waals surface area contributed by atoms with Gasteiger partial charge in [-0.05, 0) is 25.2 Å². The van der Waals surface area contributed by atoms with Crippen LogP contribution in [0.3, 0.4) is 0 Å². The zero-order valence-electron chi connectivity index (χ0n) is 7.45. The minimum atomic E-state index is -1.27. The number of hydrogen-bond donors (Lipinski definition) is 0. The molecule has 0 nitrogen and oxygen atoms in total. The van der Waals surface area contributed by atoms with Crippen LogP contribution in [0.4, 0.5) is 8.78 Å². The normalized spacial score (nSPS) is 43.9. The largest absolute Gasteiger partial charge is 0.247 e. The summed E-state index contributed by atoms with van der Waals surface area (Å²) in [6.07, 6.45) is 0.243. The monoisotopic (exact) mass is 162 g/mol. The third kappa shape index (κ3) is 1.91. The van der Waals surface area contributed by atoms with Gasteiger partial charge in [-0.25, -0.2) is 8.78 Å². The molecule has 0 aliphatic heterocycles. The van der Waals surface area contributed by atoms with Crippen LogP contribution >= 0.6 is 0 Å². The van der Waals surface area contributed by atoms with E-state index in [0.29, 0.717) is 12.8 Å². The first-order valence-electron chi connectivity index (χ1n) is 4.16. The molecule has 2 heteroatoms. The number of rotatable bonds is 0. The van der Waals surface area contributed by atoms with E-state index < -0.39 is 11.8 Å². The van der Waals surface area contributed by atoms with E-state index in [1.807, 2.05) is 13.8 Å². The second-order valence-electron chi connectivity index (χ2n) is 4.57. The predicted molar refractivity (Wildman–Crippen MR) is 42.0 cm³/mol. The minimum absolute atomic E-state index is 0.0694. The van der Waals surface area contributed by atoms with E-state index in [4.69, 9.17) is 0 Å². The SMILES string of the molecule is CC1(F)CCC(C)(C)C(F)C1. The Hall–Kier alpha value is -0.140. The lowest BCUT2D eigenvalue weighted by Crippen LogP contribution is -2.39. The smallest absolute Gasteiger partial charge is 0.111 e. The maximum atomic E-state index is 13.2. The summed E-state index contributed by atoms with van der Waals surface area (Å²) in [7, 11) is 0. The Kier molecular flexibility index (Phi) is 1.97. The molecule has 1 aliphatic carbocycles. The molecule has 0 heterocycles. The molecule has 2 atom stereocenters. The van der Waals surface area contributed by atoms with Crippen LogP contribution in [0.15, 0.2) is 0 Å². The summed E-state index contributed by atoms with van der Waals surface area (Å²) < 4.78 is 26.4. The van der Waals surface area contributed by atoms with Crippen molar-refractivity contribution < 1.29 is 8.78 Å². The van der Waals surface area contributed by atoms with Crippen LogP contribution in [0.2, 0.25) is 0 Å². The van der Waals surface area contributed by atoms with Gasteiger partial charge in [0, 0.05) is 6.42 Å². The molecule has 1 rings (SSSR count). The zero-order valence-corrected chi connectivity index (χ0v) is 7.45. The molecule has 11 heavy (non-hydrogen) atoms. The van der Waals surface area contributed by atoms with E-state index in [-0.39, 0.29) is 11.8 Å². The fourth-order valence-corrected chi connectivity index (χ4v) is 1.49. The Balaban J connectivity index is 2.63. The predicted octanol–water partition coefficient (Wildman–Crippen LogP) is 3.26. The van der Waals surface area contributed by atoms with Crippen molar-refractivity contribution >= 4 is 0 Å². The van der Waals surface area contributed by atoms with Crippen LogP contribution in [0.1, 0.15) is 40.0 Å². The quantitative estimate of drug-likeness (QED) is 0.513. The van der Waals surface area contributed by atoms with Gasteiger partial charge in [0.2, 0.25) is 0 Å². The summed E-state index contributed by atoms with van der Waals surface area (Å²) in [6, 6.07) is 0. The van der Waals surface area contributed by atoms with Crippen molar-refractivity contribution in [1.82, 2.24) is 0 Å². The van der Waals surface area contributed by atoms with Gasteiger partial charge < -0.3 is 0 Å². The third-order valence-electron chi connectivity index (χ3n) is 2.74. The van der Waals surface area contributed by atoms with Crippen LogP contribution in [-0.4, -0.2) is 11.8 Å². The van der Waals surface area contributed by atoms with Crippen LogP contribution in [0.5, 0.6) is 0 Å². The van der Waals surface area contributed by atoms with Gasteiger partial charge >= 0.3 is 0 Å². The molecule has 0 radical (unpaired) electrons. The lowest BCUT2D eigenvalue weighted by Gasteiger charge is -2.39. The minimum Gasteiger partial charge on any atom is -0.247 e. The molecule has 0 saturated heterocycles. The fraction of sp³-hybridized carbons (Fsp3) is 1.00. The molecule has 0 amide bonds. The van der Waals surface area contributed by atoms with Gasteiger partial charge in [-0.1, -0.05) is 13.8 Å². The summed E-state index contributed by atoms with van der Waals surface area (Å²) in [5.74, 6) is 0. The average molecular weight is 162 g/mol. The number of hydrogen-bond acceptors (Lipinski definition) is 0. The highest BCUT2D eigenvalue weighted by Crippen LogP contribution is 2.43. The first-order valence-corrected chi connectivity index (χ1v) is 4.16. The van der Waals surface area contributed by atoms with Crippen LogP contribution in [0.25, 0.3) is 0 Å². The summed E-state index contributed by atoms with van der Waals surface area (Å²) in [5, 5.41) is 0. The van der Waals surface area contributed by atoms with Gasteiger partial charge in [0.25, 0.3) is 0 Å². The van der Waals surface area contributed by atoms with Gasteiger partial charge in [0.15, 0.2) is 0 Å². The lowest BCUT2D eigenvalue weighted by atomic mass is 9.71. The highest BCUT2D eigenvalue weighted by Gasteiger charge is 2.42. The molecule has 0 aromatic carbocycles. The van der Waals surface area contributed by atoms with Crippen LogP contribution < -0.4 is 0 Å². The van der Waals surface area contributed by atoms with Crippen molar-refractivity contribution in [2.45, 2.75) is 51.9 Å². The van der Waals surface area contributed by atoms with E-state index in [1.165, 1.54) is 6.92 Å². The summed E-state index contributed by atoms with van der Waals surface area (Å²) in [4.78, 5) is 0. The van der Waals surface area contributed by atoms with E-state index in [0.717, 1.165) is 0 Å². The Labute approximate surface area is 67.0 Å². The molecule has 0 bridgehead atoms. The highest BCUT2D eigenvalue weighted by molar-refractivity contribution is 4.92. The second kappa shape index (κ2) is 2.43. The van der Waals surface area contributed by atoms with Gasteiger partial charge in [0.05, 0.1) is 0 Å². The summed E-state index contributed by atoms with van der Waals surface area (Å²) >= 11 is 0. The molecule has 0 N–H and O–H groups in total. The maximum absolute atomic E-state index is 13.2. The van der Waals surface area contributed by atoms with Gasteiger partial charge in [-0.2, -0.15) is 0 Å². The molecule has 0 aromatic heterocycles. The van der Waals surface area contributed by atoms with E-state index in [1.54, 1.807) is 0 Å². The number of halogens is 2. The van der Waals surface area contributed by atoms with Crippen LogP contribution in [0, 0.1) is 5.41 Å². The molecular formula is C9H16F2. The van der Waals surface area contributed by atoms with E-state index in [9.17, 15) is 8.78 Å². The second-order valence-corrected chi connectivity index (χ2v) is 4.57.